The number of hydrogen-bond acceptors (Lipinski definition) is 4. The van der Waals surface area contributed by atoms with Gasteiger partial charge < -0.3 is 10.2 Å². The predicted octanol–water partition coefficient (Wildman–Crippen LogP) is 2.31. The van der Waals surface area contributed by atoms with Gasteiger partial charge in [0.1, 0.15) is 6.33 Å². The Hall–Kier alpha value is -1.68. The largest absolute Gasteiger partial charge is 0.371 e. The molecule has 0 unspecified atom stereocenters. The van der Waals surface area contributed by atoms with E-state index in [1.54, 1.807) is 6.33 Å². The van der Waals surface area contributed by atoms with Crippen LogP contribution in [0.1, 0.15) is 30.9 Å². The van der Waals surface area contributed by atoms with Crippen LogP contribution in [0.25, 0.3) is 10.9 Å². The SMILES string of the molecule is c1nc(C2CCNCC2)c2ccc(N3CCC3)cc2n1. The van der Waals surface area contributed by atoms with E-state index in [4.69, 9.17) is 0 Å². The van der Waals surface area contributed by atoms with E-state index in [0.717, 1.165) is 18.6 Å². The van der Waals surface area contributed by atoms with Crippen molar-refractivity contribution < 1.29 is 0 Å². The maximum Gasteiger partial charge on any atom is 0.116 e. The Bertz CT molecular complexity index is 615. The highest BCUT2D eigenvalue weighted by Crippen LogP contribution is 2.31. The van der Waals surface area contributed by atoms with Gasteiger partial charge in [0.05, 0.1) is 11.2 Å². The van der Waals surface area contributed by atoms with Crippen LogP contribution in [0.5, 0.6) is 0 Å². The van der Waals surface area contributed by atoms with E-state index in [1.807, 2.05) is 0 Å². The van der Waals surface area contributed by atoms with Gasteiger partial charge in [-0.2, -0.15) is 0 Å². The number of nitrogens with one attached hydrogen (secondary N) is 1. The van der Waals surface area contributed by atoms with E-state index in [-0.39, 0.29) is 0 Å². The molecule has 2 aliphatic heterocycles. The van der Waals surface area contributed by atoms with Crippen LogP contribution in [-0.2, 0) is 0 Å². The fourth-order valence-corrected chi connectivity index (χ4v) is 3.26. The van der Waals surface area contributed by atoms with Crippen LogP contribution in [0, 0.1) is 0 Å². The maximum atomic E-state index is 4.59. The smallest absolute Gasteiger partial charge is 0.116 e. The van der Waals surface area contributed by atoms with Crippen LogP contribution in [0.15, 0.2) is 24.5 Å². The summed E-state index contributed by atoms with van der Waals surface area (Å²) in [5.74, 6) is 0.580. The number of hydrogen-bond donors (Lipinski definition) is 1. The highest BCUT2D eigenvalue weighted by molar-refractivity contribution is 5.84. The van der Waals surface area contributed by atoms with Gasteiger partial charge in [0.25, 0.3) is 0 Å². The van der Waals surface area contributed by atoms with Crippen molar-refractivity contribution >= 4 is 16.6 Å². The van der Waals surface area contributed by atoms with Crippen LogP contribution in [0.3, 0.4) is 0 Å². The van der Waals surface area contributed by atoms with E-state index < -0.39 is 0 Å². The highest BCUT2D eigenvalue weighted by Gasteiger charge is 2.20. The molecular weight excluding hydrogens is 248 g/mol. The number of fused-ring (bicyclic) bond motifs is 1. The van der Waals surface area contributed by atoms with Crippen molar-refractivity contribution in [3.63, 3.8) is 0 Å². The first-order chi connectivity index (χ1) is 9.92. The Balaban J connectivity index is 1.73. The lowest BCUT2D eigenvalue weighted by molar-refractivity contribution is 0.455. The average Bonchev–Trinajstić information content (AvgIpc) is 2.45. The van der Waals surface area contributed by atoms with E-state index in [0.29, 0.717) is 5.92 Å². The summed E-state index contributed by atoms with van der Waals surface area (Å²) in [5, 5.41) is 4.66. The standard InChI is InChI=1S/C16H20N4/c1-8-20(9-1)13-2-3-14-15(10-13)18-11-19-16(14)12-4-6-17-7-5-12/h2-3,10-12,17H,1,4-9H2. The number of aromatic nitrogens is 2. The number of nitrogens with zero attached hydrogens (tertiary/aromatic N) is 3. The summed E-state index contributed by atoms with van der Waals surface area (Å²) in [6, 6.07) is 6.68. The molecule has 2 aromatic rings. The molecule has 104 valence electrons. The Morgan fingerprint density at radius 2 is 1.95 bits per heavy atom. The zero-order chi connectivity index (χ0) is 13.4. The second kappa shape index (κ2) is 5.02. The van der Waals surface area contributed by atoms with Gasteiger partial charge in [0.2, 0.25) is 0 Å². The summed E-state index contributed by atoms with van der Waals surface area (Å²) >= 11 is 0. The molecule has 1 N–H and O–H groups in total. The molecular formula is C16H20N4. The molecule has 2 aliphatic rings. The fourth-order valence-electron chi connectivity index (χ4n) is 3.26. The van der Waals surface area contributed by atoms with Crippen LogP contribution >= 0.6 is 0 Å². The summed E-state index contributed by atoms with van der Waals surface area (Å²) in [6.07, 6.45) is 5.40. The lowest BCUT2D eigenvalue weighted by atomic mass is 9.92. The lowest BCUT2D eigenvalue weighted by Gasteiger charge is -2.33. The van der Waals surface area contributed by atoms with Crippen LogP contribution in [0.4, 0.5) is 5.69 Å². The van der Waals surface area contributed by atoms with Gasteiger partial charge in [-0.05, 0) is 50.6 Å². The first-order valence-corrected chi connectivity index (χ1v) is 7.62. The minimum Gasteiger partial charge on any atom is -0.371 e. The van der Waals surface area contributed by atoms with E-state index in [2.05, 4.69) is 38.4 Å². The molecule has 2 saturated heterocycles. The number of benzene rings is 1. The van der Waals surface area contributed by atoms with Gasteiger partial charge in [-0.15, -0.1) is 0 Å². The summed E-state index contributed by atoms with van der Waals surface area (Å²) in [6.45, 7) is 4.56. The monoisotopic (exact) mass is 268 g/mol. The molecule has 4 heteroatoms. The van der Waals surface area contributed by atoms with Gasteiger partial charge in [0, 0.05) is 30.1 Å². The van der Waals surface area contributed by atoms with Crippen molar-refractivity contribution in [3.8, 4) is 0 Å². The van der Waals surface area contributed by atoms with Crippen LogP contribution in [0.2, 0.25) is 0 Å². The summed E-state index contributed by atoms with van der Waals surface area (Å²) in [4.78, 5) is 11.5. The highest BCUT2D eigenvalue weighted by atomic mass is 15.2. The average molecular weight is 268 g/mol. The minimum absolute atomic E-state index is 0.580. The first-order valence-electron chi connectivity index (χ1n) is 7.62. The molecule has 1 aromatic heterocycles. The second-order valence-corrected chi connectivity index (χ2v) is 5.83. The van der Waals surface area contributed by atoms with Crippen LogP contribution < -0.4 is 10.2 Å². The molecule has 0 spiro atoms. The van der Waals surface area contributed by atoms with Crippen molar-refractivity contribution in [1.29, 1.82) is 0 Å². The number of anilines is 1. The Labute approximate surface area is 119 Å². The Morgan fingerprint density at radius 3 is 2.70 bits per heavy atom. The molecule has 4 nitrogen and oxygen atoms in total. The zero-order valence-electron chi connectivity index (χ0n) is 11.7. The molecule has 4 rings (SSSR count). The van der Waals surface area contributed by atoms with E-state index in [1.165, 1.54) is 49.1 Å². The molecule has 0 radical (unpaired) electrons. The van der Waals surface area contributed by atoms with Crippen molar-refractivity contribution in [1.82, 2.24) is 15.3 Å². The summed E-state index contributed by atoms with van der Waals surface area (Å²) in [5.41, 5.74) is 3.64. The van der Waals surface area contributed by atoms with Gasteiger partial charge in [-0.3, -0.25) is 0 Å². The van der Waals surface area contributed by atoms with Gasteiger partial charge in [0.15, 0.2) is 0 Å². The van der Waals surface area contributed by atoms with Crippen LogP contribution in [-0.4, -0.2) is 36.1 Å². The lowest BCUT2D eigenvalue weighted by Crippen LogP contribution is -2.36. The molecule has 0 atom stereocenters. The topological polar surface area (TPSA) is 41.1 Å². The quantitative estimate of drug-likeness (QED) is 0.907. The third-order valence-corrected chi connectivity index (χ3v) is 4.60. The molecule has 3 heterocycles. The van der Waals surface area contributed by atoms with Crippen molar-refractivity contribution in [3.05, 3.63) is 30.2 Å². The fraction of sp³-hybridized carbons (Fsp3) is 0.500. The number of piperidine rings is 1. The summed E-state index contributed by atoms with van der Waals surface area (Å²) < 4.78 is 0. The Kier molecular flexibility index (Phi) is 3.03. The molecule has 0 aliphatic carbocycles. The maximum absolute atomic E-state index is 4.59. The summed E-state index contributed by atoms with van der Waals surface area (Å²) in [7, 11) is 0. The predicted molar refractivity (Wildman–Crippen MR) is 81.2 cm³/mol. The molecule has 0 amide bonds. The molecule has 2 fully saturated rings. The third kappa shape index (κ3) is 2.04. The van der Waals surface area contributed by atoms with Gasteiger partial charge in [-0.25, -0.2) is 9.97 Å². The minimum atomic E-state index is 0.580. The van der Waals surface area contributed by atoms with E-state index >= 15 is 0 Å². The van der Waals surface area contributed by atoms with Crippen molar-refractivity contribution in [2.75, 3.05) is 31.1 Å². The van der Waals surface area contributed by atoms with Crippen molar-refractivity contribution in [2.45, 2.75) is 25.2 Å². The van der Waals surface area contributed by atoms with Gasteiger partial charge in [-0.1, -0.05) is 0 Å². The normalized spacial score (nSPS) is 20.1. The zero-order valence-corrected chi connectivity index (χ0v) is 11.7. The Morgan fingerprint density at radius 1 is 1.10 bits per heavy atom. The molecule has 0 saturated carbocycles. The second-order valence-electron chi connectivity index (χ2n) is 5.83. The third-order valence-electron chi connectivity index (χ3n) is 4.60. The van der Waals surface area contributed by atoms with Gasteiger partial charge >= 0.3 is 0 Å². The molecule has 1 aromatic carbocycles. The van der Waals surface area contributed by atoms with E-state index in [9.17, 15) is 0 Å². The number of rotatable bonds is 2. The molecule has 20 heavy (non-hydrogen) atoms. The first kappa shape index (κ1) is 12.1. The van der Waals surface area contributed by atoms with Crippen molar-refractivity contribution in [2.24, 2.45) is 0 Å². The molecule has 0 bridgehead atoms.